The molecule has 1 amide bonds. The van der Waals surface area contributed by atoms with E-state index in [4.69, 9.17) is 4.74 Å². The van der Waals surface area contributed by atoms with Crippen molar-refractivity contribution in [3.05, 3.63) is 35.1 Å². The van der Waals surface area contributed by atoms with E-state index in [2.05, 4.69) is 5.32 Å². The molecule has 1 aromatic carbocycles. The van der Waals surface area contributed by atoms with Crippen molar-refractivity contribution in [2.45, 2.75) is 31.9 Å². The van der Waals surface area contributed by atoms with Crippen molar-refractivity contribution >= 4 is 5.91 Å². The number of hydrogen-bond donors (Lipinski definition) is 2. The molecule has 0 bridgehead atoms. The molecular formula is C17H25FN2O3. The van der Waals surface area contributed by atoms with Gasteiger partial charge in [-0.1, -0.05) is 6.07 Å². The number of carbonyl (C=O) groups excluding carboxylic acids is 1. The van der Waals surface area contributed by atoms with Crippen LogP contribution < -0.4 is 5.32 Å². The predicted molar refractivity (Wildman–Crippen MR) is 85.6 cm³/mol. The zero-order valence-corrected chi connectivity index (χ0v) is 13.9. The van der Waals surface area contributed by atoms with Gasteiger partial charge in [0, 0.05) is 20.2 Å². The number of benzene rings is 1. The van der Waals surface area contributed by atoms with Gasteiger partial charge in [0.25, 0.3) is 0 Å². The fourth-order valence-electron chi connectivity index (χ4n) is 2.89. The number of nitrogens with one attached hydrogen (secondary N) is 1. The highest BCUT2D eigenvalue weighted by Crippen LogP contribution is 2.30. The van der Waals surface area contributed by atoms with Crippen molar-refractivity contribution in [2.24, 2.45) is 0 Å². The maximum atomic E-state index is 13.4. The number of carbonyl (C=O) groups is 1. The number of nitrogens with zero attached hydrogens (tertiary/aromatic N) is 1. The Kier molecular flexibility index (Phi) is 5.73. The monoisotopic (exact) mass is 324 g/mol. The van der Waals surface area contributed by atoms with Gasteiger partial charge in [-0.05, 0) is 43.5 Å². The standard InChI is InChI=1S/C17H25FN2O3/c1-17(2,22)11-19-9-16(21)20-7-6-12-8-13(18)4-5-14(12)15(20)10-23-3/h4-5,8,15,19,22H,6-7,9-11H2,1-3H3. The average molecular weight is 324 g/mol. The third-order valence-electron chi connectivity index (χ3n) is 3.94. The minimum atomic E-state index is -0.863. The Hall–Kier alpha value is -1.50. The summed E-state index contributed by atoms with van der Waals surface area (Å²) in [6, 6.07) is 4.48. The lowest BCUT2D eigenvalue weighted by atomic mass is 9.92. The molecule has 0 saturated heterocycles. The van der Waals surface area contributed by atoms with E-state index in [-0.39, 0.29) is 24.3 Å². The second kappa shape index (κ2) is 7.38. The zero-order valence-electron chi connectivity index (χ0n) is 13.9. The van der Waals surface area contributed by atoms with Crippen molar-refractivity contribution < 1.29 is 19.0 Å². The van der Waals surface area contributed by atoms with E-state index in [9.17, 15) is 14.3 Å². The first kappa shape index (κ1) is 17.8. The summed E-state index contributed by atoms with van der Waals surface area (Å²) in [5.41, 5.74) is 1.01. The van der Waals surface area contributed by atoms with Gasteiger partial charge in [-0.15, -0.1) is 0 Å². The van der Waals surface area contributed by atoms with Crippen LogP contribution in [0.25, 0.3) is 0 Å². The quantitative estimate of drug-likeness (QED) is 0.827. The third kappa shape index (κ3) is 4.73. The highest BCUT2D eigenvalue weighted by molar-refractivity contribution is 5.79. The lowest BCUT2D eigenvalue weighted by Crippen LogP contribution is -2.47. The van der Waals surface area contributed by atoms with Gasteiger partial charge in [0.1, 0.15) is 5.82 Å². The Balaban J connectivity index is 2.09. The Morgan fingerprint density at radius 3 is 2.91 bits per heavy atom. The number of hydrogen-bond acceptors (Lipinski definition) is 4. The van der Waals surface area contributed by atoms with Gasteiger partial charge in [-0.2, -0.15) is 0 Å². The van der Waals surface area contributed by atoms with Crippen LogP contribution in [0.1, 0.15) is 31.0 Å². The van der Waals surface area contributed by atoms with Crippen LogP contribution in [0.3, 0.4) is 0 Å². The minimum Gasteiger partial charge on any atom is -0.389 e. The van der Waals surface area contributed by atoms with E-state index in [1.54, 1.807) is 31.9 Å². The van der Waals surface area contributed by atoms with Gasteiger partial charge >= 0.3 is 0 Å². The Bertz CT molecular complexity index is 557. The molecule has 0 spiro atoms. The fraction of sp³-hybridized carbons (Fsp3) is 0.588. The van der Waals surface area contributed by atoms with Crippen molar-refractivity contribution in [2.75, 3.05) is 33.4 Å². The fourth-order valence-corrected chi connectivity index (χ4v) is 2.89. The largest absolute Gasteiger partial charge is 0.389 e. The van der Waals surface area contributed by atoms with Crippen molar-refractivity contribution in [3.8, 4) is 0 Å². The molecule has 6 heteroatoms. The molecule has 5 nitrogen and oxygen atoms in total. The molecule has 0 aliphatic carbocycles. The average Bonchev–Trinajstić information content (AvgIpc) is 2.46. The Morgan fingerprint density at radius 1 is 1.52 bits per heavy atom. The highest BCUT2D eigenvalue weighted by Gasteiger charge is 2.30. The summed E-state index contributed by atoms with van der Waals surface area (Å²) in [7, 11) is 1.59. The van der Waals surface area contributed by atoms with Crippen molar-refractivity contribution in [1.82, 2.24) is 10.2 Å². The molecule has 2 N–H and O–H groups in total. The number of halogens is 1. The van der Waals surface area contributed by atoms with Crippen LogP contribution in [0, 0.1) is 5.82 Å². The molecular weight excluding hydrogens is 299 g/mol. The number of methoxy groups -OCH3 is 1. The molecule has 128 valence electrons. The zero-order chi connectivity index (χ0) is 17.0. The number of amides is 1. The number of ether oxygens (including phenoxy) is 1. The Morgan fingerprint density at radius 2 is 2.26 bits per heavy atom. The summed E-state index contributed by atoms with van der Waals surface area (Å²) >= 11 is 0. The van der Waals surface area contributed by atoms with Crippen molar-refractivity contribution in [3.63, 3.8) is 0 Å². The molecule has 1 aliphatic heterocycles. The third-order valence-corrected chi connectivity index (χ3v) is 3.94. The summed E-state index contributed by atoms with van der Waals surface area (Å²) in [4.78, 5) is 14.3. The second-order valence-corrected chi connectivity index (χ2v) is 6.57. The normalized spacial score (nSPS) is 18.0. The smallest absolute Gasteiger partial charge is 0.237 e. The Labute approximate surface area is 136 Å². The number of rotatable bonds is 6. The number of aliphatic hydroxyl groups is 1. The molecule has 1 aliphatic rings. The molecule has 1 heterocycles. The number of fused-ring (bicyclic) bond motifs is 1. The molecule has 1 aromatic rings. The SMILES string of the molecule is COCC1c2ccc(F)cc2CCN1C(=O)CNCC(C)(C)O. The van der Waals surface area contributed by atoms with Gasteiger partial charge in [0.05, 0.1) is 24.8 Å². The summed E-state index contributed by atoms with van der Waals surface area (Å²) in [5, 5.41) is 12.7. The lowest BCUT2D eigenvalue weighted by molar-refractivity contribution is -0.134. The van der Waals surface area contributed by atoms with Gasteiger partial charge in [0.2, 0.25) is 5.91 Å². The van der Waals surface area contributed by atoms with Gasteiger partial charge in [-0.25, -0.2) is 4.39 Å². The van der Waals surface area contributed by atoms with E-state index >= 15 is 0 Å². The van der Waals surface area contributed by atoms with Crippen LogP contribution in [0.4, 0.5) is 4.39 Å². The van der Waals surface area contributed by atoms with Crippen LogP contribution in [-0.4, -0.2) is 54.9 Å². The predicted octanol–water partition coefficient (Wildman–Crippen LogP) is 1.26. The van der Waals surface area contributed by atoms with Crippen LogP contribution in [-0.2, 0) is 16.0 Å². The molecule has 23 heavy (non-hydrogen) atoms. The maximum Gasteiger partial charge on any atom is 0.237 e. The molecule has 0 aromatic heterocycles. The molecule has 0 fully saturated rings. The van der Waals surface area contributed by atoms with Crippen LogP contribution in [0.15, 0.2) is 18.2 Å². The first-order chi connectivity index (χ1) is 10.8. The van der Waals surface area contributed by atoms with E-state index < -0.39 is 5.60 Å². The maximum absolute atomic E-state index is 13.4. The molecule has 1 atom stereocenters. The van der Waals surface area contributed by atoms with Crippen LogP contribution >= 0.6 is 0 Å². The highest BCUT2D eigenvalue weighted by atomic mass is 19.1. The molecule has 0 radical (unpaired) electrons. The van der Waals surface area contributed by atoms with E-state index in [0.717, 1.165) is 11.1 Å². The first-order valence-electron chi connectivity index (χ1n) is 7.81. The summed E-state index contributed by atoms with van der Waals surface area (Å²) in [6.45, 7) is 4.77. The molecule has 0 saturated carbocycles. The molecule has 2 rings (SSSR count). The topological polar surface area (TPSA) is 61.8 Å². The summed E-state index contributed by atoms with van der Waals surface area (Å²) < 4.78 is 18.7. The first-order valence-corrected chi connectivity index (χ1v) is 7.81. The minimum absolute atomic E-state index is 0.0497. The van der Waals surface area contributed by atoms with E-state index in [1.165, 1.54) is 12.1 Å². The lowest BCUT2D eigenvalue weighted by Gasteiger charge is -2.37. The van der Waals surface area contributed by atoms with E-state index in [0.29, 0.717) is 26.1 Å². The van der Waals surface area contributed by atoms with Crippen LogP contribution in [0.5, 0.6) is 0 Å². The second-order valence-electron chi connectivity index (χ2n) is 6.57. The van der Waals surface area contributed by atoms with Crippen molar-refractivity contribution in [1.29, 1.82) is 0 Å². The summed E-state index contributed by atoms with van der Waals surface area (Å²) in [6.07, 6.45) is 0.630. The van der Waals surface area contributed by atoms with E-state index in [1.807, 2.05) is 0 Å². The molecule has 1 unspecified atom stereocenters. The van der Waals surface area contributed by atoms with Gasteiger partial charge in [-0.3, -0.25) is 4.79 Å². The summed E-state index contributed by atoms with van der Waals surface area (Å²) in [5.74, 6) is -0.308. The van der Waals surface area contributed by atoms with Gasteiger partial charge in [0.15, 0.2) is 0 Å². The van der Waals surface area contributed by atoms with Gasteiger partial charge < -0.3 is 20.1 Å². The van der Waals surface area contributed by atoms with Crippen LogP contribution in [0.2, 0.25) is 0 Å².